The third-order valence-corrected chi connectivity index (χ3v) is 3.21. The van der Waals surface area contributed by atoms with E-state index in [9.17, 15) is 4.79 Å². The Hall–Kier alpha value is -2.40. The highest BCUT2D eigenvalue weighted by molar-refractivity contribution is 6.30. The molecule has 2 aromatic rings. The zero-order valence-corrected chi connectivity index (χ0v) is 14.6. The molecular weight excluding hydrogens is 330 g/mol. The van der Waals surface area contributed by atoms with Gasteiger partial charge in [-0.2, -0.15) is 0 Å². The predicted molar refractivity (Wildman–Crippen MR) is 92.6 cm³/mol. The number of hydrogen-bond acceptors (Lipinski definition) is 4. The van der Waals surface area contributed by atoms with E-state index in [1.807, 2.05) is 26.0 Å². The van der Waals surface area contributed by atoms with Gasteiger partial charge in [-0.25, -0.2) is 4.79 Å². The summed E-state index contributed by atoms with van der Waals surface area (Å²) in [5.74, 6) is 1.79. The second-order valence-corrected chi connectivity index (χ2v) is 5.68. The highest BCUT2D eigenvalue weighted by Gasteiger charge is 2.20. The summed E-state index contributed by atoms with van der Waals surface area (Å²) in [6, 6.07) is 13.9. The lowest BCUT2D eigenvalue weighted by Gasteiger charge is -2.24. The molecule has 0 aliphatic rings. The van der Waals surface area contributed by atoms with Gasteiger partial charge in [0, 0.05) is 5.02 Å². The van der Waals surface area contributed by atoms with Gasteiger partial charge in [-0.3, -0.25) is 0 Å². The van der Waals surface area contributed by atoms with E-state index in [1.54, 1.807) is 43.3 Å². The first kappa shape index (κ1) is 17.9. The Morgan fingerprint density at radius 3 is 2.33 bits per heavy atom. The second-order valence-electron chi connectivity index (χ2n) is 5.24. The van der Waals surface area contributed by atoms with Crippen molar-refractivity contribution in [2.75, 3.05) is 6.61 Å². The van der Waals surface area contributed by atoms with Gasteiger partial charge < -0.3 is 14.3 Å². The number of carbonyl (C=O) groups is 1. The lowest BCUT2D eigenvalue weighted by molar-refractivity contribution is -0.0684. The Kier molecular flexibility index (Phi) is 6.32. The topological polar surface area (TPSA) is 48.0 Å². The fraction of sp³-hybridized carbons (Fsp3) is 0.278. The Morgan fingerprint density at radius 2 is 1.75 bits per heavy atom. The average Bonchev–Trinajstić information content (AvgIpc) is 2.54. The van der Waals surface area contributed by atoms with Gasteiger partial charge in [0.25, 0.3) is 0 Å². The van der Waals surface area contributed by atoms with Crippen molar-refractivity contribution in [3.05, 3.63) is 53.6 Å². The zero-order valence-electron chi connectivity index (χ0n) is 13.9. The van der Waals surface area contributed by atoms with Crippen LogP contribution in [0.25, 0.3) is 0 Å². The number of amides is 1. The summed E-state index contributed by atoms with van der Waals surface area (Å²) in [6.07, 6.45) is -0.522. The summed E-state index contributed by atoms with van der Waals surface area (Å²) < 4.78 is 10.7. The molecule has 128 valence electrons. The van der Waals surface area contributed by atoms with E-state index in [0.717, 1.165) is 0 Å². The van der Waals surface area contributed by atoms with Crippen molar-refractivity contribution in [1.29, 1.82) is 0 Å². The van der Waals surface area contributed by atoms with Crippen LogP contribution in [0, 0.1) is 0 Å². The van der Waals surface area contributed by atoms with Gasteiger partial charge >= 0.3 is 6.09 Å². The number of hydroxylamine groups is 2. The predicted octanol–water partition coefficient (Wildman–Crippen LogP) is 5.29. The van der Waals surface area contributed by atoms with E-state index >= 15 is 0 Å². The van der Waals surface area contributed by atoms with Crippen molar-refractivity contribution in [1.82, 2.24) is 5.06 Å². The molecule has 5 nitrogen and oxygen atoms in total. The maximum absolute atomic E-state index is 11.9. The number of nitrogens with zero attached hydrogens (tertiary/aromatic N) is 1. The monoisotopic (exact) mass is 349 g/mol. The average molecular weight is 350 g/mol. The number of benzene rings is 2. The number of rotatable bonds is 6. The third-order valence-electron chi connectivity index (χ3n) is 2.98. The van der Waals surface area contributed by atoms with Crippen LogP contribution in [0.5, 0.6) is 17.2 Å². The van der Waals surface area contributed by atoms with Gasteiger partial charge in [-0.05, 0) is 63.2 Å². The van der Waals surface area contributed by atoms with E-state index in [0.29, 0.717) is 22.3 Å². The Balaban J connectivity index is 2.04. The molecule has 24 heavy (non-hydrogen) atoms. The lowest BCUT2D eigenvalue weighted by Crippen LogP contribution is -2.40. The highest BCUT2D eigenvalue weighted by atomic mass is 35.5. The summed E-state index contributed by atoms with van der Waals surface area (Å²) in [4.78, 5) is 17.5. The number of hydrogen-bond donors (Lipinski definition) is 0. The van der Waals surface area contributed by atoms with E-state index in [1.165, 1.54) is 5.06 Å². The largest absolute Gasteiger partial charge is 0.457 e. The fourth-order valence-corrected chi connectivity index (χ4v) is 2.07. The van der Waals surface area contributed by atoms with Crippen LogP contribution in [0.3, 0.4) is 0 Å². The molecule has 0 radical (unpaired) electrons. The molecule has 0 aliphatic carbocycles. The molecule has 0 bridgehead atoms. The van der Waals surface area contributed by atoms with Crippen LogP contribution in [0.4, 0.5) is 4.79 Å². The van der Waals surface area contributed by atoms with Crippen LogP contribution in [0.15, 0.2) is 48.5 Å². The van der Waals surface area contributed by atoms with Crippen molar-refractivity contribution in [2.45, 2.75) is 26.8 Å². The quantitative estimate of drug-likeness (QED) is 0.664. The van der Waals surface area contributed by atoms with Crippen LogP contribution in [-0.4, -0.2) is 23.8 Å². The normalized spacial score (nSPS) is 10.4. The molecule has 0 atom stereocenters. The second kappa shape index (κ2) is 8.45. The van der Waals surface area contributed by atoms with Crippen molar-refractivity contribution < 1.29 is 19.1 Å². The molecule has 0 unspecified atom stereocenters. The minimum Gasteiger partial charge on any atom is -0.457 e. The van der Waals surface area contributed by atoms with E-state index in [4.69, 9.17) is 25.9 Å². The van der Waals surface area contributed by atoms with Gasteiger partial charge in [0.1, 0.15) is 11.5 Å². The summed E-state index contributed by atoms with van der Waals surface area (Å²) in [5.41, 5.74) is 0. The van der Waals surface area contributed by atoms with Gasteiger partial charge in [0.05, 0.1) is 12.6 Å². The Morgan fingerprint density at radius 1 is 1.08 bits per heavy atom. The van der Waals surface area contributed by atoms with Gasteiger partial charge in [-0.1, -0.05) is 17.7 Å². The number of halogens is 1. The number of ether oxygens (including phenoxy) is 2. The molecule has 0 aromatic heterocycles. The van der Waals surface area contributed by atoms with Crippen LogP contribution < -0.4 is 9.57 Å². The Labute approximate surface area is 146 Å². The van der Waals surface area contributed by atoms with E-state index in [2.05, 4.69) is 0 Å². The third kappa shape index (κ3) is 5.06. The van der Waals surface area contributed by atoms with Crippen LogP contribution in [-0.2, 0) is 4.74 Å². The molecule has 0 aliphatic heterocycles. The van der Waals surface area contributed by atoms with Crippen molar-refractivity contribution in [2.24, 2.45) is 0 Å². The zero-order chi connectivity index (χ0) is 17.5. The molecule has 0 saturated carbocycles. The maximum atomic E-state index is 11.9. The Bertz CT molecular complexity index is 673. The molecule has 2 aromatic carbocycles. The molecule has 0 heterocycles. The summed E-state index contributed by atoms with van der Waals surface area (Å²) in [5, 5.41) is 1.80. The SMILES string of the molecule is CCOC(=O)N(Oc1ccc(Oc2cccc(Cl)c2)cc1)C(C)C. The van der Waals surface area contributed by atoms with E-state index < -0.39 is 6.09 Å². The molecule has 0 spiro atoms. The molecule has 0 N–H and O–H groups in total. The smallest absolute Gasteiger partial charge is 0.443 e. The molecule has 0 fully saturated rings. The minimum atomic E-state index is -0.522. The first-order valence-electron chi connectivity index (χ1n) is 7.67. The van der Waals surface area contributed by atoms with Gasteiger partial charge in [-0.15, -0.1) is 5.06 Å². The lowest BCUT2D eigenvalue weighted by atomic mass is 10.3. The van der Waals surface area contributed by atoms with E-state index in [-0.39, 0.29) is 12.6 Å². The van der Waals surface area contributed by atoms with Crippen LogP contribution in [0.2, 0.25) is 5.02 Å². The number of carbonyl (C=O) groups excluding carboxylic acids is 1. The van der Waals surface area contributed by atoms with Crippen molar-refractivity contribution >= 4 is 17.7 Å². The van der Waals surface area contributed by atoms with Crippen LogP contribution in [0.1, 0.15) is 20.8 Å². The summed E-state index contributed by atoms with van der Waals surface area (Å²) in [7, 11) is 0. The highest BCUT2D eigenvalue weighted by Crippen LogP contribution is 2.26. The molecular formula is C18H20ClNO4. The van der Waals surface area contributed by atoms with Crippen molar-refractivity contribution in [3.8, 4) is 17.2 Å². The maximum Gasteiger partial charge on any atom is 0.443 e. The molecule has 2 rings (SSSR count). The standard InChI is InChI=1S/C18H20ClNO4/c1-4-22-18(21)20(13(2)3)24-16-10-8-15(9-11-16)23-17-7-5-6-14(19)12-17/h5-13H,4H2,1-3H3. The van der Waals surface area contributed by atoms with Crippen LogP contribution >= 0.6 is 11.6 Å². The van der Waals surface area contributed by atoms with Gasteiger partial charge in [0.2, 0.25) is 0 Å². The van der Waals surface area contributed by atoms with Gasteiger partial charge in [0.15, 0.2) is 5.75 Å². The molecule has 0 saturated heterocycles. The summed E-state index contributed by atoms with van der Waals surface area (Å²) >= 11 is 5.93. The summed E-state index contributed by atoms with van der Waals surface area (Å²) in [6.45, 7) is 5.72. The first-order chi connectivity index (χ1) is 11.5. The molecule has 6 heteroatoms. The fourth-order valence-electron chi connectivity index (χ4n) is 1.89. The first-order valence-corrected chi connectivity index (χ1v) is 8.05. The van der Waals surface area contributed by atoms with Crippen molar-refractivity contribution in [3.63, 3.8) is 0 Å². The minimum absolute atomic E-state index is 0.161. The molecule has 1 amide bonds.